The summed E-state index contributed by atoms with van der Waals surface area (Å²) in [6.45, 7) is 9.08. The summed E-state index contributed by atoms with van der Waals surface area (Å²) in [4.78, 5) is 0. The van der Waals surface area contributed by atoms with Crippen LogP contribution in [-0.2, 0) is 22.5 Å². The zero-order valence-corrected chi connectivity index (χ0v) is 12.3. The van der Waals surface area contributed by atoms with Crippen molar-refractivity contribution in [3.05, 3.63) is 35.4 Å². The molecule has 0 fully saturated rings. The molecule has 0 spiro atoms. The van der Waals surface area contributed by atoms with Crippen molar-refractivity contribution in [2.24, 2.45) is 0 Å². The van der Waals surface area contributed by atoms with Gasteiger partial charge < -0.3 is 14.8 Å². The van der Waals surface area contributed by atoms with Gasteiger partial charge in [0, 0.05) is 6.61 Å². The monoisotopic (exact) mass is 265 g/mol. The molecule has 1 aromatic carbocycles. The van der Waals surface area contributed by atoms with Gasteiger partial charge in [0.1, 0.15) is 0 Å². The predicted octanol–water partition coefficient (Wildman–Crippen LogP) is 2.78. The fraction of sp³-hybridized carbons (Fsp3) is 0.625. The van der Waals surface area contributed by atoms with Gasteiger partial charge in [-0.15, -0.1) is 0 Å². The van der Waals surface area contributed by atoms with Crippen molar-refractivity contribution in [2.75, 3.05) is 32.9 Å². The van der Waals surface area contributed by atoms with Crippen LogP contribution in [0, 0.1) is 0 Å². The third kappa shape index (κ3) is 7.31. The Balaban J connectivity index is 2.31. The molecule has 0 saturated carbocycles. The van der Waals surface area contributed by atoms with Crippen molar-refractivity contribution >= 4 is 0 Å². The standard InChI is InChI=1S/C16H27NO2/c1-3-10-17-11-9-15-7-5-6-8-16(15)14-19-13-12-18-4-2/h5-8,17H,3-4,9-14H2,1-2H3. The van der Waals surface area contributed by atoms with Crippen molar-refractivity contribution in [1.82, 2.24) is 5.32 Å². The Bertz CT molecular complexity index is 328. The summed E-state index contributed by atoms with van der Waals surface area (Å²) in [6, 6.07) is 8.51. The van der Waals surface area contributed by atoms with Crippen LogP contribution in [0.3, 0.4) is 0 Å². The highest BCUT2D eigenvalue weighted by atomic mass is 16.5. The zero-order valence-electron chi connectivity index (χ0n) is 12.3. The van der Waals surface area contributed by atoms with Crippen LogP contribution in [0.1, 0.15) is 31.4 Å². The van der Waals surface area contributed by atoms with E-state index in [4.69, 9.17) is 9.47 Å². The second-order valence-electron chi connectivity index (χ2n) is 4.52. The molecule has 108 valence electrons. The summed E-state index contributed by atoms with van der Waals surface area (Å²) in [5, 5.41) is 3.43. The van der Waals surface area contributed by atoms with E-state index in [0.717, 1.165) is 26.1 Å². The lowest BCUT2D eigenvalue weighted by molar-refractivity contribution is 0.0450. The molecule has 0 atom stereocenters. The van der Waals surface area contributed by atoms with Gasteiger partial charge in [-0.1, -0.05) is 31.2 Å². The number of benzene rings is 1. The molecule has 1 rings (SSSR count). The summed E-state index contributed by atoms with van der Waals surface area (Å²) in [6.07, 6.45) is 2.24. The molecule has 0 unspecified atom stereocenters. The van der Waals surface area contributed by atoms with Crippen molar-refractivity contribution in [3.8, 4) is 0 Å². The Kier molecular flexibility index (Phi) is 9.33. The van der Waals surface area contributed by atoms with Crippen molar-refractivity contribution < 1.29 is 9.47 Å². The van der Waals surface area contributed by atoms with E-state index in [0.29, 0.717) is 19.8 Å². The number of hydrogen-bond acceptors (Lipinski definition) is 3. The van der Waals surface area contributed by atoms with E-state index in [1.807, 2.05) is 6.92 Å². The van der Waals surface area contributed by atoms with E-state index < -0.39 is 0 Å². The molecule has 3 heteroatoms. The van der Waals surface area contributed by atoms with E-state index in [1.54, 1.807) is 0 Å². The molecular formula is C16H27NO2. The maximum atomic E-state index is 5.64. The maximum absolute atomic E-state index is 5.64. The Labute approximate surface area is 117 Å². The molecule has 1 N–H and O–H groups in total. The van der Waals surface area contributed by atoms with E-state index >= 15 is 0 Å². The smallest absolute Gasteiger partial charge is 0.0720 e. The van der Waals surface area contributed by atoms with E-state index in [-0.39, 0.29) is 0 Å². The Morgan fingerprint density at radius 3 is 2.42 bits per heavy atom. The van der Waals surface area contributed by atoms with Gasteiger partial charge in [0.25, 0.3) is 0 Å². The van der Waals surface area contributed by atoms with Crippen LogP contribution in [0.15, 0.2) is 24.3 Å². The largest absolute Gasteiger partial charge is 0.379 e. The van der Waals surface area contributed by atoms with Crippen molar-refractivity contribution in [2.45, 2.75) is 33.3 Å². The lowest BCUT2D eigenvalue weighted by Gasteiger charge is -2.10. The second kappa shape index (κ2) is 11.0. The molecule has 0 heterocycles. The Morgan fingerprint density at radius 2 is 1.68 bits per heavy atom. The summed E-state index contributed by atoms with van der Waals surface area (Å²) < 4.78 is 10.9. The van der Waals surface area contributed by atoms with Gasteiger partial charge in [0.15, 0.2) is 0 Å². The quantitative estimate of drug-likeness (QED) is 0.624. The number of nitrogens with one attached hydrogen (secondary N) is 1. The lowest BCUT2D eigenvalue weighted by atomic mass is 10.1. The molecule has 0 amide bonds. The SMILES string of the molecule is CCCNCCc1ccccc1COCCOCC. The minimum atomic E-state index is 0.663. The van der Waals surface area contributed by atoms with E-state index in [9.17, 15) is 0 Å². The van der Waals surface area contributed by atoms with Crippen molar-refractivity contribution in [3.63, 3.8) is 0 Å². The van der Waals surface area contributed by atoms with E-state index in [1.165, 1.54) is 17.5 Å². The molecule has 3 nitrogen and oxygen atoms in total. The molecule has 0 radical (unpaired) electrons. The van der Waals surface area contributed by atoms with Gasteiger partial charge in [0.05, 0.1) is 19.8 Å². The first-order chi connectivity index (χ1) is 9.38. The van der Waals surface area contributed by atoms with Gasteiger partial charge in [-0.2, -0.15) is 0 Å². The Morgan fingerprint density at radius 1 is 0.947 bits per heavy atom. The third-order valence-electron chi connectivity index (χ3n) is 2.95. The lowest BCUT2D eigenvalue weighted by Crippen LogP contribution is -2.18. The normalized spacial score (nSPS) is 10.8. The van der Waals surface area contributed by atoms with Gasteiger partial charge in [-0.25, -0.2) is 0 Å². The Hall–Kier alpha value is -0.900. The summed E-state index contributed by atoms with van der Waals surface area (Å²) in [5.41, 5.74) is 2.67. The van der Waals surface area contributed by atoms with Crippen LogP contribution < -0.4 is 5.32 Å². The molecule has 0 aliphatic rings. The zero-order chi connectivity index (χ0) is 13.8. The fourth-order valence-electron chi connectivity index (χ4n) is 1.91. The summed E-state index contributed by atoms with van der Waals surface area (Å²) >= 11 is 0. The minimum absolute atomic E-state index is 0.663. The van der Waals surface area contributed by atoms with Gasteiger partial charge >= 0.3 is 0 Å². The predicted molar refractivity (Wildman–Crippen MR) is 79.5 cm³/mol. The van der Waals surface area contributed by atoms with Crippen LogP contribution in [0.2, 0.25) is 0 Å². The number of hydrogen-bond donors (Lipinski definition) is 1. The topological polar surface area (TPSA) is 30.5 Å². The van der Waals surface area contributed by atoms with Gasteiger partial charge in [0.2, 0.25) is 0 Å². The van der Waals surface area contributed by atoms with Crippen LogP contribution in [0.25, 0.3) is 0 Å². The summed E-state index contributed by atoms with van der Waals surface area (Å²) in [5.74, 6) is 0. The minimum Gasteiger partial charge on any atom is -0.379 e. The molecular weight excluding hydrogens is 238 g/mol. The number of ether oxygens (including phenoxy) is 2. The van der Waals surface area contributed by atoms with Gasteiger partial charge in [-0.3, -0.25) is 0 Å². The molecule has 0 aliphatic heterocycles. The molecule has 0 bridgehead atoms. The average Bonchev–Trinajstić information content (AvgIpc) is 2.45. The summed E-state index contributed by atoms with van der Waals surface area (Å²) in [7, 11) is 0. The highest BCUT2D eigenvalue weighted by Gasteiger charge is 2.01. The fourth-order valence-corrected chi connectivity index (χ4v) is 1.91. The first-order valence-electron chi connectivity index (χ1n) is 7.31. The highest BCUT2D eigenvalue weighted by molar-refractivity contribution is 5.26. The van der Waals surface area contributed by atoms with E-state index in [2.05, 4.69) is 36.5 Å². The second-order valence-corrected chi connectivity index (χ2v) is 4.52. The highest BCUT2D eigenvalue weighted by Crippen LogP contribution is 2.10. The van der Waals surface area contributed by atoms with Gasteiger partial charge in [-0.05, 0) is 44.0 Å². The first kappa shape index (κ1) is 16.2. The van der Waals surface area contributed by atoms with Crippen LogP contribution in [0.4, 0.5) is 0 Å². The average molecular weight is 265 g/mol. The maximum Gasteiger partial charge on any atom is 0.0720 e. The molecule has 0 aromatic heterocycles. The molecule has 19 heavy (non-hydrogen) atoms. The third-order valence-corrected chi connectivity index (χ3v) is 2.95. The molecule has 1 aromatic rings. The molecule has 0 aliphatic carbocycles. The first-order valence-corrected chi connectivity index (χ1v) is 7.31. The van der Waals surface area contributed by atoms with Crippen LogP contribution in [0.5, 0.6) is 0 Å². The van der Waals surface area contributed by atoms with Crippen LogP contribution >= 0.6 is 0 Å². The van der Waals surface area contributed by atoms with Crippen LogP contribution in [-0.4, -0.2) is 32.9 Å². The van der Waals surface area contributed by atoms with Crippen molar-refractivity contribution in [1.29, 1.82) is 0 Å². The molecule has 0 saturated heterocycles. The number of rotatable bonds is 11.